The van der Waals surface area contributed by atoms with E-state index in [-0.39, 0.29) is 0 Å². The van der Waals surface area contributed by atoms with Crippen LogP contribution in [-0.2, 0) is 0 Å². The fourth-order valence-electron chi connectivity index (χ4n) is 3.57. The van der Waals surface area contributed by atoms with Crippen LogP contribution in [0.2, 0.25) is 0 Å². The molecule has 0 bridgehead atoms. The van der Waals surface area contributed by atoms with E-state index in [1.165, 1.54) is 27.9 Å². The van der Waals surface area contributed by atoms with Crippen LogP contribution in [0.25, 0.3) is 12.2 Å². The number of nitrogens with zero attached hydrogens (tertiary/aromatic N) is 1. The number of allylic oxidation sites excluding steroid dienone is 2. The molecule has 31 heavy (non-hydrogen) atoms. The lowest BCUT2D eigenvalue weighted by Crippen LogP contribution is -2.11. The molecular formula is C30H27N. The summed E-state index contributed by atoms with van der Waals surface area (Å²) in [5, 5.41) is 0. The van der Waals surface area contributed by atoms with Gasteiger partial charge < -0.3 is 4.90 Å². The summed E-state index contributed by atoms with van der Waals surface area (Å²) in [5.41, 5.74) is 8.39. The van der Waals surface area contributed by atoms with Crippen LogP contribution in [0.3, 0.4) is 0 Å². The summed E-state index contributed by atoms with van der Waals surface area (Å²) >= 11 is 0. The Hall–Kier alpha value is -3.84. The van der Waals surface area contributed by atoms with Gasteiger partial charge in [-0.15, -0.1) is 0 Å². The molecule has 0 saturated heterocycles. The van der Waals surface area contributed by atoms with Gasteiger partial charge in [-0.25, -0.2) is 0 Å². The molecule has 0 atom stereocenters. The van der Waals surface area contributed by atoms with E-state index in [1.807, 2.05) is 6.07 Å². The molecule has 1 heteroatoms. The van der Waals surface area contributed by atoms with Crippen LogP contribution in [0, 0.1) is 13.8 Å². The molecule has 4 aromatic rings. The average Bonchev–Trinajstić information content (AvgIpc) is 2.81. The van der Waals surface area contributed by atoms with Crippen LogP contribution in [0.1, 0.15) is 22.3 Å². The maximum absolute atomic E-state index is 2.32. The van der Waals surface area contributed by atoms with E-state index < -0.39 is 0 Å². The van der Waals surface area contributed by atoms with Crippen molar-refractivity contribution in [1.82, 2.24) is 0 Å². The van der Waals surface area contributed by atoms with Crippen molar-refractivity contribution in [2.75, 3.05) is 4.90 Å². The van der Waals surface area contributed by atoms with Gasteiger partial charge in [0.25, 0.3) is 0 Å². The molecule has 0 spiro atoms. The lowest BCUT2D eigenvalue weighted by Gasteiger charge is -2.27. The van der Waals surface area contributed by atoms with Crippen molar-refractivity contribution in [3.8, 4) is 0 Å². The Morgan fingerprint density at radius 3 is 1.65 bits per heavy atom. The normalized spacial score (nSPS) is 11.3. The predicted octanol–water partition coefficient (Wildman–Crippen LogP) is 8.50. The van der Waals surface area contributed by atoms with Crippen molar-refractivity contribution in [3.63, 3.8) is 0 Å². The molecule has 0 aromatic heterocycles. The van der Waals surface area contributed by atoms with E-state index in [9.17, 15) is 0 Å². The fourth-order valence-corrected chi connectivity index (χ4v) is 3.57. The van der Waals surface area contributed by atoms with Gasteiger partial charge in [0.1, 0.15) is 0 Å². The molecule has 0 aliphatic heterocycles. The van der Waals surface area contributed by atoms with Gasteiger partial charge in [0.15, 0.2) is 0 Å². The SMILES string of the molecule is Cc1ccc(N(c2ccc(/C=C/C=C/c3ccccc3)cc2)c2ccccc2C)cc1. The van der Waals surface area contributed by atoms with Gasteiger partial charge in [-0.1, -0.05) is 103 Å². The van der Waals surface area contributed by atoms with E-state index in [0.717, 1.165) is 11.4 Å². The van der Waals surface area contributed by atoms with Crippen molar-refractivity contribution in [2.24, 2.45) is 0 Å². The number of para-hydroxylation sites is 1. The topological polar surface area (TPSA) is 3.24 Å². The molecule has 1 nitrogen and oxygen atoms in total. The number of aryl methyl sites for hydroxylation is 2. The lowest BCUT2D eigenvalue weighted by atomic mass is 10.1. The Morgan fingerprint density at radius 2 is 1.03 bits per heavy atom. The quantitative estimate of drug-likeness (QED) is 0.293. The molecule has 0 aliphatic rings. The molecule has 0 radical (unpaired) electrons. The molecule has 0 heterocycles. The number of benzene rings is 4. The second-order valence-electron chi connectivity index (χ2n) is 7.68. The summed E-state index contributed by atoms with van der Waals surface area (Å²) in [6.07, 6.45) is 8.41. The van der Waals surface area contributed by atoms with Crippen LogP contribution in [0.15, 0.2) is 115 Å². The summed E-state index contributed by atoms with van der Waals surface area (Å²) in [6, 6.07) is 36.3. The Bertz CT molecular complexity index is 1170. The molecule has 0 N–H and O–H groups in total. The van der Waals surface area contributed by atoms with Crippen LogP contribution in [0.5, 0.6) is 0 Å². The van der Waals surface area contributed by atoms with Gasteiger partial charge in [-0.3, -0.25) is 0 Å². The third kappa shape index (κ3) is 5.21. The maximum Gasteiger partial charge on any atom is 0.0490 e. The van der Waals surface area contributed by atoms with E-state index in [2.05, 4.69) is 140 Å². The summed E-state index contributed by atoms with van der Waals surface area (Å²) in [6.45, 7) is 4.28. The zero-order valence-electron chi connectivity index (χ0n) is 18.1. The molecule has 0 unspecified atom stereocenters. The third-order valence-corrected chi connectivity index (χ3v) is 5.29. The molecule has 152 valence electrons. The van der Waals surface area contributed by atoms with Crippen molar-refractivity contribution in [3.05, 3.63) is 138 Å². The minimum atomic E-state index is 1.15. The Kier molecular flexibility index (Phi) is 6.44. The zero-order valence-corrected chi connectivity index (χ0v) is 18.1. The first-order chi connectivity index (χ1) is 15.2. The highest BCUT2D eigenvalue weighted by Crippen LogP contribution is 2.36. The van der Waals surface area contributed by atoms with Crippen molar-refractivity contribution < 1.29 is 0 Å². The predicted molar refractivity (Wildman–Crippen MR) is 135 cm³/mol. The monoisotopic (exact) mass is 401 g/mol. The second-order valence-corrected chi connectivity index (χ2v) is 7.68. The number of rotatable bonds is 6. The molecule has 0 amide bonds. The van der Waals surface area contributed by atoms with Crippen LogP contribution in [0.4, 0.5) is 17.1 Å². The first-order valence-corrected chi connectivity index (χ1v) is 10.6. The van der Waals surface area contributed by atoms with Crippen LogP contribution in [-0.4, -0.2) is 0 Å². The Morgan fingerprint density at radius 1 is 0.516 bits per heavy atom. The molecular weight excluding hydrogens is 374 g/mol. The molecule has 4 rings (SSSR count). The Balaban J connectivity index is 1.59. The number of anilines is 3. The highest BCUT2D eigenvalue weighted by atomic mass is 15.1. The smallest absolute Gasteiger partial charge is 0.0490 e. The van der Waals surface area contributed by atoms with Gasteiger partial charge >= 0.3 is 0 Å². The first-order valence-electron chi connectivity index (χ1n) is 10.6. The third-order valence-electron chi connectivity index (χ3n) is 5.29. The van der Waals surface area contributed by atoms with E-state index >= 15 is 0 Å². The average molecular weight is 402 g/mol. The van der Waals surface area contributed by atoms with Gasteiger partial charge in [-0.2, -0.15) is 0 Å². The van der Waals surface area contributed by atoms with Gasteiger partial charge in [-0.05, 0) is 60.9 Å². The molecule has 0 aliphatic carbocycles. The molecule has 4 aromatic carbocycles. The van der Waals surface area contributed by atoms with Gasteiger partial charge in [0.2, 0.25) is 0 Å². The number of hydrogen-bond donors (Lipinski definition) is 0. The van der Waals surface area contributed by atoms with Gasteiger partial charge in [0.05, 0.1) is 0 Å². The van der Waals surface area contributed by atoms with Crippen LogP contribution < -0.4 is 4.90 Å². The summed E-state index contributed by atoms with van der Waals surface area (Å²) < 4.78 is 0. The minimum Gasteiger partial charge on any atom is -0.310 e. The van der Waals surface area contributed by atoms with Gasteiger partial charge in [0, 0.05) is 17.1 Å². The summed E-state index contributed by atoms with van der Waals surface area (Å²) in [7, 11) is 0. The number of hydrogen-bond acceptors (Lipinski definition) is 1. The van der Waals surface area contributed by atoms with Crippen molar-refractivity contribution in [1.29, 1.82) is 0 Å². The highest BCUT2D eigenvalue weighted by molar-refractivity contribution is 5.78. The van der Waals surface area contributed by atoms with Crippen molar-refractivity contribution >= 4 is 29.2 Å². The second kappa shape index (κ2) is 9.77. The van der Waals surface area contributed by atoms with E-state index in [4.69, 9.17) is 0 Å². The first kappa shape index (κ1) is 20.4. The zero-order chi connectivity index (χ0) is 21.5. The summed E-state index contributed by atoms with van der Waals surface area (Å²) in [4.78, 5) is 2.32. The lowest BCUT2D eigenvalue weighted by molar-refractivity contribution is 1.24. The molecule has 0 fully saturated rings. The van der Waals surface area contributed by atoms with E-state index in [0.29, 0.717) is 0 Å². The van der Waals surface area contributed by atoms with E-state index in [1.54, 1.807) is 0 Å². The summed E-state index contributed by atoms with van der Waals surface area (Å²) in [5.74, 6) is 0. The highest BCUT2D eigenvalue weighted by Gasteiger charge is 2.13. The maximum atomic E-state index is 2.32. The standard InChI is InChI=1S/C30H27N/c1-24-16-20-28(21-17-24)31(30-15-9-6-10-25(30)2)29-22-18-27(19-23-29)14-8-7-13-26-11-4-3-5-12-26/h3-23H,1-2H3/b13-7+,14-8+. The fraction of sp³-hybridized carbons (Fsp3) is 0.0667. The Labute approximate surface area is 185 Å². The minimum absolute atomic E-state index is 1.15. The largest absolute Gasteiger partial charge is 0.310 e. The van der Waals surface area contributed by atoms with Crippen LogP contribution >= 0.6 is 0 Å². The van der Waals surface area contributed by atoms with Crippen molar-refractivity contribution in [2.45, 2.75) is 13.8 Å². The molecule has 0 saturated carbocycles.